The van der Waals surface area contributed by atoms with E-state index in [0.29, 0.717) is 0 Å². The number of aryl methyl sites for hydroxylation is 1. The summed E-state index contributed by atoms with van der Waals surface area (Å²) in [5.41, 5.74) is 0.738. The molecule has 0 aliphatic rings. The molecule has 0 unspecified atom stereocenters. The van der Waals surface area contributed by atoms with Crippen molar-refractivity contribution in [3.05, 3.63) is 29.5 Å². The van der Waals surface area contributed by atoms with Crippen molar-refractivity contribution < 1.29 is 4.73 Å². The summed E-state index contributed by atoms with van der Waals surface area (Å²) >= 11 is 0. The highest BCUT2D eigenvalue weighted by Gasteiger charge is 1.86. The van der Waals surface area contributed by atoms with E-state index in [2.05, 4.69) is 4.98 Å². The smallest absolute Gasteiger partial charge is 0.201 e. The Hall–Kier alpha value is -1.12. The Morgan fingerprint density at radius 1 is 1.75 bits per heavy atom. The van der Waals surface area contributed by atoms with Crippen molar-refractivity contribution in [1.29, 1.82) is 0 Å². The van der Waals surface area contributed by atoms with Gasteiger partial charge in [-0.1, -0.05) is 0 Å². The monoisotopic (exact) mass is 110 g/mol. The zero-order valence-electron chi connectivity index (χ0n) is 4.53. The number of hydrogen-bond donors (Lipinski definition) is 0. The number of hydrogen-bond acceptors (Lipinski definition) is 2. The van der Waals surface area contributed by atoms with Crippen LogP contribution in [0.1, 0.15) is 5.69 Å². The van der Waals surface area contributed by atoms with E-state index in [0.717, 1.165) is 10.4 Å². The predicted octanol–water partition coefficient (Wildman–Crippen LogP) is 0.0234. The largest absolute Gasteiger partial charge is 0.619 e. The van der Waals surface area contributed by atoms with Gasteiger partial charge in [-0.25, -0.2) is 4.98 Å². The van der Waals surface area contributed by atoms with Gasteiger partial charge in [0.1, 0.15) is 5.69 Å². The summed E-state index contributed by atoms with van der Waals surface area (Å²) < 4.78 is 0.725. The lowest BCUT2D eigenvalue weighted by molar-refractivity contribution is -0.606. The Bertz CT molecular complexity index is 170. The number of aromatic nitrogens is 2. The first kappa shape index (κ1) is 5.03. The SMILES string of the molecule is Cc1c[n+]([O-])ccn1. The van der Waals surface area contributed by atoms with Gasteiger partial charge in [0.05, 0.1) is 6.20 Å². The molecule has 0 N–H and O–H groups in total. The van der Waals surface area contributed by atoms with Crippen molar-refractivity contribution in [3.63, 3.8) is 0 Å². The van der Waals surface area contributed by atoms with Gasteiger partial charge in [0, 0.05) is 0 Å². The van der Waals surface area contributed by atoms with Crippen LogP contribution in [0.5, 0.6) is 0 Å². The van der Waals surface area contributed by atoms with Crippen molar-refractivity contribution in [2.75, 3.05) is 0 Å². The van der Waals surface area contributed by atoms with Crippen LogP contribution >= 0.6 is 0 Å². The van der Waals surface area contributed by atoms with Crippen LogP contribution in [0.3, 0.4) is 0 Å². The van der Waals surface area contributed by atoms with Crippen LogP contribution in [0.15, 0.2) is 18.6 Å². The quantitative estimate of drug-likeness (QED) is 0.349. The average Bonchev–Trinajstić information content (AvgIpc) is 1.64. The summed E-state index contributed by atoms with van der Waals surface area (Å²) in [7, 11) is 0. The van der Waals surface area contributed by atoms with E-state index in [1.807, 2.05) is 0 Å². The first-order valence-electron chi connectivity index (χ1n) is 2.30. The molecule has 0 saturated carbocycles. The Morgan fingerprint density at radius 2 is 2.50 bits per heavy atom. The molecule has 8 heavy (non-hydrogen) atoms. The van der Waals surface area contributed by atoms with Crippen molar-refractivity contribution in [2.24, 2.45) is 0 Å². The van der Waals surface area contributed by atoms with Crippen LogP contribution in [0.25, 0.3) is 0 Å². The fourth-order valence-corrected chi connectivity index (χ4v) is 0.477. The molecular formula is C5H6N2O. The summed E-state index contributed by atoms with van der Waals surface area (Å²) in [5.74, 6) is 0. The third kappa shape index (κ3) is 0.932. The van der Waals surface area contributed by atoms with E-state index in [1.54, 1.807) is 6.92 Å². The van der Waals surface area contributed by atoms with Gasteiger partial charge in [-0.2, -0.15) is 4.73 Å². The lowest BCUT2D eigenvalue weighted by atomic mass is 10.5. The van der Waals surface area contributed by atoms with E-state index in [-0.39, 0.29) is 0 Å². The third-order valence-corrected chi connectivity index (χ3v) is 0.806. The van der Waals surface area contributed by atoms with Gasteiger partial charge >= 0.3 is 0 Å². The molecule has 0 bridgehead atoms. The first-order chi connectivity index (χ1) is 3.79. The zero-order valence-corrected chi connectivity index (χ0v) is 4.53. The van der Waals surface area contributed by atoms with Gasteiger partial charge in [0.25, 0.3) is 0 Å². The highest BCUT2D eigenvalue weighted by molar-refractivity contribution is 4.84. The van der Waals surface area contributed by atoms with Crippen molar-refractivity contribution in [3.8, 4) is 0 Å². The first-order valence-corrected chi connectivity index (χ1v) is 2.30. The Morgan fingerprint density at radius 3 is 2.88 bits per heavy atom. The molecule has 0 saturated heterocycles. The average molecular weight is 110 g/mol. The molecular weight excluding hydrogens is 104 g/mol. The van der Waals surface area contributed by atoms with Crippen LogP contribution in [0.4, 0.5) is 0 Å². The minimum atomic E-state index is 0.725. The second kappa shape index (κ2) is 1.78. The van der Waals surface area contributed by atoms with Gasteiger partial charge in [-0.15, -0.1) is 0 Å². The van der Waals surface area contributed by atoms with Crippen LogP contribution in [-0.4, -0.2) is 4.98 Å². The van der Waals surface area contributed by atoms with Crippen molar-refractivity contribution in [1.82, 2.24) is 4.98 Å². The molecule has 42 valence electrons. The van der Waals surface area contributed by atoms with Crippen molar-refractivity contribution in [2.45, 2.75) is 6.92 Å². The number of rotatable bonds is 0. The van der Waals surface area contributed by atoms with E-state index >= 15 is 0 Å². The van der Waals surface area contributed by atoms with E-state index in [9.17, 15) is 5.21 Å². The lowest BCUT2D eigenvalue weighted by Gasteiger charge is -1.91. The summed E-state index contributed by atoms with van der Waals surface area (Å²) in [4.78, 5) is 3.82. The maximum absolute atomic E-state index is 10.4. The van der Waals surface area contributed by atoms with Gasteiger partial charge in [0.15, 0.2) is 6.20 Å². The molecule has 1 heterocycles. The van der Waals surface area contributed by atoms with Gasteiger partial charge < -0.3 is 5.21 Å². The molecule has 0 aliphatic heterocycles. The van der Waals surface area contributed by atoms with Crippen molar-refractivity contribution >= 4 is 0 Å². The standard InChI is InChI=1S/C5H6N2O/c1-5-4-7(8)3-2-6-5/h2-4H,1H3. The molecule has 3 nitrogen and oxygen atoms in total. The summed E-state index contributed by atoms with van der Waals surface area (Å²) in [5, 5.41) is 10.4. The van der Waals surface area contributed by atoms with Gasteiger partial charge in [-0.05, 0) is 6.92 Å². The molecule has 0 spiro atoms. The Kier molecular flexibility index (Phi) is 1.12. The Labute approximate surface area is 47.2 Å². The van der Waals surface area contributed by atoms with E-state index in [4.69, 9.17) is 0 Å². The second-order valence-corrected chi connectivity index (χ2v) is 1.56. The zero-order chi connectivity index (χ0) is 5.98. The molecule has 0 atom stereocenters. The topological polar surface area (TPSA) is 39.8 Å². The van der Waals surface area contributed by atoms with Crippen LogP contribution < -0.4 is 4.73 Å². The molecule has 1 rings (SSSR count). The summed E-state index contributed by atoms with van der Waals surface area (Å²) in [6.07, 6.45) is 4.25. The minimum Gasteiger partial charge on any atom is -0.619 e. The fourth-order valence-electron chi connectivity index (χ4n) is 0.477. The molecule has 3 heteroatoms. The highest BCUT2D eigenvalue weighted by atomic mass is 16.5. The summed E-state index contributed by atoms with van der Waals surface area (Å²) in [6, 6.07) is 0. The molecule has 0 fully saturated rings. The van der Waals surface area contributed by atoms with Gasteiger partial charge in [0.2, 0.25) is 6.20 Å². The second-order valence-electron chi connectivity index (χ2n) is 1.56. The van der Waals surface area contributed by atoms with Crippen LogP contribution in [-0.2, 0) is 0 Å². The maximum atomic E-state index is 10.4. The van der Waals surface area contributed by atoms with Crippen LogP contribution in [0, 0.1) is 12.1 Å². The molecule has 0 radical (unpaired) electrons. The Balaban J connectivity index is 3.08. The maximum Gasteiger partial charge on any atom is 0.201 e. The molecule has 0 aliphatic carbocycles. The van der Waals surface area contributed by atoms with E-state index < -0.39 is 0 Å². The van der Waals surface area contributed by atoms with Crippen LogP contribution in [0.2, 0.25) is 0 Å². The minimum absolute atomic E-state index is 0.725. The molecule has 1 aromatic heterocycles. The molecule has 0 aromatic carbocycles. The fraction of sp³-hybridized carbons (Fsp3) is 0.200. The van der Waals surface area contributed by atoms with Gasteiger partial charge in [-0.3, -0.25) is 0 Å². The van der Waals surface area contributed by atoms with E-state index in [1.165, 1.54) is 18.6 Å². The number of nitrogens with zero attached hydrogens (tertiary/aromatic N) is 2. The molecule has 0 amide bonds. The lowest BCUT2D eigenvalue weighted by Crippen LogP contribution is -2.24. The summed E-state index contributed by atoms with van der Waals surface area (Å²) in [6.45, 7) is 1.77. The third-order valence-electron chi connectivity index (χ3n) is 0.806. The predicted molar refractivity (Wildman–Crippen MR) is 27.9 cm³/mol. The molecule has 1 aromatic rings. The highest BCUT2D eigenvalue weighted by Crippen LogP contribution is 1.79. The normalized spacial score (nSPS) is 9.12.